The summed E-state index contributed by atoms with van der Waals surface area (Å²) in [7, 11) is 0. The summed E-state index contributed by atoms with van der Waals surface area (Å²) in [6.45, 7) is 3.90. The van der Waals surface area contributed by atoms with Crippen molar-refractivity contribution in [2.24, 2.45) is 5.92 Å². The number of likely N-dealkylation sites (tertiary alicyclic amines) is 1. The first-order chi connectivity index (χ1) is 15.7. The maximum atomic E-state index is 13.1. The Morgan fingerprint density at radius 1 is 1.12 bits per heavy atom. The maximum absolute atomic E-state index is 13.1. The van der Waals surface area contributed by atoms with Gasteiger partial charge in [-0.25, -0.2) is 0 Å². The Kier molecular flexibility index (Phi) is 6.25. The molecule has 2 N–H and O–H groups in total. The summed E-state index contributed by atoms with van der Waals surface area (Å²) < 4.78 is 16.7. The number of ether oxygens (including phenoxy) is 2. The van der Waals surface area contributed by atoms with E-state index in [0.29, 0.717) is 36.2 Å². The van der Waals surface area contributed by atoms with Crippen LogP contribution in [0.1, 0.15) is 41.4 Å². The van der Waals surface area contributed by atoms with Crippen LogP contribution in [0.3, 0.4) is 0 Å². The van der Waals surface area contributed by atoms with E-state index in [2.05, 4.69) is 5.16 Å². The van der Waals surface area contributed by atoms with Crippen molar-refractivity contribution >= 4 is 17.1 Å². The molecular formula is C24H27N2O5S+. The van der Waals surface area contributed by atoms with Crippen LogP contribution in [-0.2, 0) is 0 Å². The number of benzene rings is 1. The summed E-state index contributed by atoms with van der Waals surface area (Å²) in [5.74, 6) is 1.58. The number of nitrogens with zero attached hydrogens (tertiary/aromatic N) is 1. The van der Waals surface area contributed by atoms with Crippen molar-refractivity contribution in [1.82, 2.24) is 5.16 Å². The van der Waals surface area contributed by atoms with Gasteiger partial charge in [0.15, 0.2) is 23.0 Å². The number of nitrogens with one attached hydrogen (secondary N) is 1. The van der Waals surface area contributed by atoms with Crippen LogP contribution in [0.2, 0.25) is 0 Å². The first kappa shape index (κ1) is 21.2. The minimum Gasteiger partial charge on any atom is -0.486 e. The van der Waals surface area contributed by atoms with Crippen LogP contribution in [0.15, 0.2) is 46.3 Å². The van der Waals surface area contributed by atoms with Gasteiger partial charge in [0.25, 0.3) is 0 Å². The highest BCUT2D eigenvalue weighted by atomic mass is 32.1. The Balaban J connectivity index is 1.35. The molecule has 8 heteroatoms. The summed E-state index contributed by atoms with van der Waals surface area (Å²) in [5, 5.41) is 17.2. The van der Waals surface area contributed by atoms with Gasteiger partial charge in [0.1, 0.15) is 18.9 Å². The van der Waals surface area contributed by atoms with Crippen LogP contribution in [0.4, 0.5) is 0 Å². The second-order valence-electron chi connectivity index (χ2n) is 8.45. The summed E-state index contributed by atoms with van der Waals surface area (Å²) >= 11 is 1.54. The lowest BCUT2D eigenvalue weighted by molar-refractivity contribution is -0.891. The van der Waals surface area contributed by atoms with Gasteiger partial charge in [-0.05, 0) is 29.1 Å². The zero-order valence-corrected chi connectivity index (χ0v) is 18.6. The largest absolute Gasteiger partial charge is 0.486 e. The van der Waals surface area contributed by atoms with Crippen LogP contribution in [0.25, 0.3) is 10.6 Å². The zero-order valence-electron chi connectivity index (χ0n) is 17.8. The molecule has 0 bridgehead atoms. The number of hydrogen-bond acceptors (Lipinski definition) is 7. The third-order valence-corrected chi connectivity index (χ3v) is 7.11. The number of fused-ring (bicyclic) bond motifs is 1. The molecule has 0 unspecified atom stereocenters. The monoisotopic (exact) mass is 455 g/mol. The number of carbonyl (C=O) groups is 1. The van der Waals surface area contributed by atoms with E-state index in [4.69, 9.17) is 14.0 Å². The molecule has 3 aromatic rings. The molecule has 0 amide bonds. The highest BCUT2D eigenvalue weighted by Crippen LogP contribution is 2.35. The van der Waals surface area contributed by atoms with E-state index in [1.165, 1.54) is 29.1 Å². The summed E-state index contributed by atoms with van der Waals surface area (Å²) in [6.07, 6.45) is 1.79. The van der Waals surface area contributed by atoms with Gasteiger partial charge in [-0.3, -0.25) is 4.79 Å². The Hall–Kier alpha value is -2.68. The average Bonchev–Trinajstić information content (AvgIpc) is 3.60. The number of aliphatic hydroxyl groups is 1. The van der Waals surface area contributed by atoms with E-state index in [-0.39, 0.29) is 18.1 Å². The van der Waals surface area contributed by atoms with Gasteiger partial charge in [-0.2, -0.15) is 0 Å². The molecule has 168 valence electrons. The molecule has 2 aliphatic rings. The number of hydrogen-bond donors (Lipinski definition) is 2. The number of aromatic nitrogens is 1. The topological polar surface area (TPSA) is 86.2 Å². The average molecular weight is 456 g/mol. The Morgan fingerprint density at radius 2 is 1.94 bits per heavy atom. The molecule has 1 saturated heterocycles. The molecule has 32 heavy (non-hydrogen) atoms. The molecule has 7 nitrogen and oxygen atoms in total. The Morgan fingerprint density at radius 3 is 2.72 bits per heavy atom. The van der Waals surface area contributed by atoms with E-state index in [1.54, 1.807) is 6.07 Å². The number of thiophene rings is 1. The summed E-state index contributed by atoms with van der Waals surface area (Å²) in [4.78, 5) is 15.5. The predicted octanol–water partition coefficient (Wildman–Crippen LogP) is 2.78. The van der Waals surface area contributed by atoms with E-state index in [1.807, 2.05) is 35.7 Å². The van der Waals surface area contributed by atoms with E-state index >= 15 is 0 Å². The van der Waals surface area contributed by atoms with E-state index < -0.39 is 6.10 Å². The van der Waals surface area contributed by atoms with Gasteiger partial charge in [0.2, 0.25) is 0 Å². The highest BCUT2D eigenvalue weighted by molar-refractivity contribution is 7.13. The molecule has 4 heterocycles. The molecule has 2 atom stereocenters. The number of carbonyl (C=O) groups excluding carboxylic acids is 1. The number of aliphatic hydroxyl groups excluding tert-OH is 1. The van der Waals surface area contributed by atoms with Crippen molar-refractivity contribution in [2.75, 3.05) is 32.8 Å². The van der Waals surface area contributed by atoms with Gasteiger partial charge in [-0.1, -0.05) is 17.3 Å². The quantitative estimate of drug-likeness (QED) is 0.508. The second kappa shape index (κ2) is 9.44. The standard InChI is InChI=1S/C24H26N2O5S/c27-19(18-14-22(31-25-18)23-4-3-11-32-23)12-17(15-26-7-1-2-8-26)24(28)16-5-6-20-21(13-16)30-10-9-29-20/h3-6,11,13-14,17,24,28H,1-2,7-10,12,15H2/p+1/t17-,24-/m1/s1. The zero-order chi connectivity index (χ0) is 21.9. The van der Waals surface area contributed by atoms with Crippen LogP contribution in [0.5, 0.6) is 11.5 Å². The van der Waals surface area contributed by atoms with Crippen molar-refractivity contribution in [3.05, 3.63) is 53.0 Å². The van der Waals surface area contributed by atoms with Crippen molar-refractivity contribution in [3.8, 4) is 22.1 Å². The fraction of sp³-hybridized carbons (Fsp3) is 0.417. The fourth-order valence-electron chi connectivity index (χ4n) is 4.55. The number of ketones is 1. The normalized spacial score (nSPS) is 17.9. The predicted molar refractivity (Wildman–Crippen MR) is 119 cm³/mol. The molecule has 1 aromatic carbocycles. The third-order valence-electron chi connectivity index (χ3n) is 6.22. The smallest absolute Gasteiger partial charge is 0.185 e. The maximum Gasteiger partial charge on any atom is 0.185 e. The van der Waals surface area contributed by atoms with Crippen molar-refractivity contribution in [1.29, 1.82) is 0 Å². The van der Waals surface area contributed by atoms with Gasteiger partial charge in [-0.15, -0.1) is 11.3 Å². The van der Waals surface area contributed by atoms with Crippen molar-refractivity contribution in [2.45, 2.75) is 25.4 Å². The lowest BCUT2D eigenvalue weighted by atomic mass is 9.89. The molecular weight excluding hydrogens is 428 g/mol. The Bertz CT molecular complexity index is 1060. The number of rotatable bonds is 8. The minimum absolute atomic E-state index is 0.114. The van der Waals surface area contributed by atoms with Gasteiger partial charge in [0, 0.05) is 31.2 Å². The molecule has 2 aliphatic heterocycles. The summed E-state index contributed by atoms with van der Waals surface area (Å²) in [5.41, 5.74) is 1.05. The number of quaternary nitrogens is 1. The lowest BCUT2D eigenvalue weighted by Gasteiger charge is -2.26. The molecule has 0 radical (unpaired) electrons. The van der Waals surface area contributed by atoms with Crippen LogP contribution >= 0.6 is 11.3 Å². The van der Waals surface area contributed by atoms with Crippen LogP contribution in [0, 0.1) is 5.92 Å². The van der Waals surface area contributed by atoms with Crippen molar-refractivity contribution < 1.29 is 28.8 Å². The second-order valence-corrected chi connectivity index (χ2v) is 9.40. The number of Topliss-reactive ketones (excluding diaryl/α,β-unsaturated/α-hetero) is 1. The SMILES string of the molecule is O=C(C[C@H](C[NH+]1CCCC1)[C@H](O)c1ccc2c(c1)OCCO2)c1cc(-c2cccs2)on1. The molecule has 5 rings (SSSR count). The van der Waals surface area contributed by atoms with Gasteiger partial charge in [0.05, 0.1) is 30.6 Å². The highest BCUT2D eigenvalue weighted by Gasteiger charge is 2.31. The van der Waals surface area contributed by atoms with Gasteiger partial charge < -0.3 is 24.0 Å². The third kappa shape index (κ3) is 4.57. The first-order valence-corrected chi connectivity index (χ1v) is 12.0. The van der Waals surface area contributed by atoms with E-state index in [9.17, 15) is 9.90 Å². The molecule has 2 aromatic heterocycles. The fourth-order valence-corrected chi connectivity index (χ4v) is 5.22. The summed E-state index contributed by atoms with van der Waals surface area (Å²) in [6, 6.07) is 11.1. The molecule has 1 fully saturated rings. The molecule has 0 aliphatic carbocycles. The van der Waals surface area contributed by atoms with E-state index in [0.717, 1.165) is 30.1 Å². The van der Waals surface area contributed by atoms with Gasteiger partial charge >= 0.3 is 0 Å². The minimum atomic E-state index is -0.786. The van der Waals surface area contributed by atoms with Crippen LogP contribution < -0.4 is 14.4 Å². The van der Waals surface area contributed by atoms with Crippen LogP contribution in [-0.4, -0.2) is 48.9 Å². The first-order valence-electron chi connectivity index (χ1n) is 11.1. The molecule has 0 saturated carbocycles. The lowest BCUT2D eigenvalue weighted by Crippen LogP contribution is -3.10. The Labute approximate surface area is 190 Å². The van der Waals surface area contributed by atoms with Crippen molar-refractivity contribution in [3.63, 3.8) is 0 Å². The molecule has 0 spiro atoms.